The van der Waals surface area contributed by atoms with Crippen molar-refractivity contribution in [3.05, 3.63) is 65.7 Å². The molecule has 140 valence electrons. The summed E-state index contributed by atoms with van der Waals surface area (Å²) in [6.07, 6.45) is 0. The predicted molar refractivity (Wildman–Crippen MR) is 106 cm³/mol. The summed E-state index contributed by atoms with van der Waals surface area (Å²) in [6.45, 7) is 10.0. The minimum absolute atomic E-state index is 0.0924. The number of hydrogen-bond donors (Lipinski definition) is 2. The van der Waals surface area contributed by atoms with Crippen molar-refractivity contribution in [2.24, 2.45) is 0 Å². The van der Waals surface area contributed by atoms with Gasteiger partial charge in [0.25, 0.3) is 0 Å². The van der Waals surface area contributed by atoms with Gasteiger partial charge in [0.1, 0.15) is 5.75 Å². The van der Waals surface area contributed by atoms with Crippen LogP contribution in [0.3, 0.4) is 0 Å². The van der Waals surface area contributed by atoms with Gasteiger partial charge >= 0.3 is 0 Å². The lowest BCUT2D eigenvalue weighted by Gasteiger charge is -2.30. The molecule has 4 heteroatoms. The van der Waals surface area contributed by atoms with Gasteiger partial charge in [-0.1, -0.05) is 48.5 Å². The molecule has 2 aromatic carbocycles. The summed E-state index contributed by atoms with van der Waals surface area (Å²) in [6, 6.07) is 17.5. The van der Waals surface area contributed by atoms with Crippen molar-refractivity contribution in [3.63, 3.8) is 0 Å². The van der Waals surface area contributed by atoms with Crippen LogP contribution in [0.2, 0.25) is 0 Å². The lowest BCUT2D eigenvalue weighted by molar-refractivity contribution is -0.121. The van der Waals surface area contributed by atoms with Crippen molar-refractivity contribution in [1.29, 1.82) is 0 Å². The average Bonchev–Trinajstić information content (AvgIpc) is 2.61. The number of phenolic OH excluding ortho intramolecular Hbond substituents is 1. The zero-order valence-electron chi connectivity index (χ0n) is 16.1. The van der Waals surface area contributed by atoms with Crippen molar-refractivity contribution < 1.29 is 9.90 Å². The van der Waals surface area contributed by atoms with E-state index in [0.29, 0.717) is 24.2 Å². The van der Waals surface area contributed by atoms with E-state index in [1.54, 1.807) is 18.2 Å². The van der Waals surface area contributed by atoms with E-state index >= 15 is 0 Å². The standard InChI is InChI=1S/C22H30N2O2/c1-16(2)24(17(3)4)15-14-23-22(26)21(18-10-6-5-7-11-18)19-12-8-9-13-20(19)25/h5-13,16-17,21,25H,14-15H2,1-4H3,(H,23,26). The first-order chi connectivity index (χ1) is 12.4. The highest BCUT2D eigenvalue weighted by molar-refractivity contribution is 5.87. The van der Waals surface area contributed by atoms with Gasteiger partial charge in [0, 0.05) is 30.7 Å². The number of rotatable bonds is 8. The molecule has 0 fully saturated rings. The number of amides is 1. The van der Waals surface area contributed by atoms with E-state index in [4.69, 9.17) is 0 Å². The molecule has 0 saturated carbocycles. The number of nitrogens with zero attached hydrogens (tertiary/aromatic N) is 1. The lowest BCUT2D eigenvalue weighted by Crippen LogP contribution is -2.43. The van der Waals surface area contributed by atoms with Crippen LogP contribution in [0, 0.1) is 0 Å². The maximum Gasteiger partial charge on any atom is 0.232 e. The molecular formula is C22H30N2O2. The monoisotopic (exact) mass is 354 g/mol. The highest BCUT2D eigenvalue weighted by atomic mass is 16.3. The fourth-order valence-electron chi connectivity index (χ4n) is 3.37. The molecule has 2 aromatic rings. The van der Waals surface area contributed by atoms with Crippen molar-refractivity contribution in [3.8, 4) is 5.75 Å². The molecule has 0 saturated heterocycles. The fraction of sp³-hybridized carbons (Fsp3) is 0.409. The fourth-order valence-corrected chi connectivity index (χ4v) is 3.37. The molecule has 0 aliphatic rings. The number of carbonyl (C=O) groups is 1. The highest BCUT2D eigenvalue weighted by Crippen LogP contribution is 2.31. The summed E-state index contributed by atoms with van der Waals surface area (Å²) in [5, 5.41) is 13.3. The molecule has 4 nitrogen and oxygen atoms in total. The second-order valence-corrected chi connectivity index (χ2v) is 7.12. The molecule has 0 aliphatic carbocycles. The SMILES string of the molecule is CC(C)N(CCNC(=O)C(c1ccccc1)c1ccccc1O)C(C)C. The molecule has 0 bridgehead atoms. The third kappa shape index (κ3) is 5.09. The maximum atomic E-state index is 13.0. The number of aromatic hydroxyl groups is 1. The van der Waals surface area contributed by atoms with Gasteiger partial charge < -0.3 is 10.4 Å². The Balaban J connectivity index is 2.16. The summed E-state index contributed by atoms with van der Waals surface area (Å²) in [5.41, 5.74) is 1.50. The second kappa shape index (κ2) is 9.39. The summed E-state index contributed by atoms with van der Waals surface area (Å²) in [4.78, 5) is 15.3. The summed E-state index contributed by atoms with van der Waals surface area (Å²) in [7, 11) is 0. The summed E-state index contributed by atoms with van der Waals surface area (Å²) in [5.74, 6) is -0.475. The number of para-hydroxylation sites is 1. The van der Waals surface area contributed by atoms with Gasteiger partial charge in [-0.3, -0.25) is 9.69 Å². The normalized spacial score (nSPS) is 12.6. The third-order valence-corrected chi connectivity index (χ3v) is 4.64. The molecule has 0 aromatic heterocycles. The largest absolute Gasteiger partial charge is 0.508 e. The molecule has 2 rings (SSSR count). The minimum atomic E-state index is -0.524. The van der Waals surface area contributed by atoms with Crippen LogP contribution < -0.4 is 5.32 Å². The molecular weight excluding hydrogens is 324 g/mol. The molecule has 26 heavy (non-hydrogen) atoms. The smallest absolute Gasteiger partial charge is 0.232 e. The number of carbonyl (C=O) groups excluding carboxylic acids is 1. The summed E-state index contributed by atoms with van der Waals surface area (Å²) < 4.78 is 0. The van der Waals surface area contributed by atoms with Gasteiger partial charge in [-0.05, 0) is 39.3 Å². The van der Waals surface area contributed by atoms with Gasteiger partial charge in [-0.25, -0.2) is 0 Å². The van der Waals surface area contributed by atoms with Gasteiger partial charge in [-0.2, -0.15) is 0 Å². The van der Waals surface area contributed by atoms with Gasteiger partial charge in [0.2, 0.25) is 5.91 Å². The van der Waals surface area contributed by atoms with Crippen molar-refractivity contribution >= 4 is 5.91 Å². The predicted octanol–water partition coefficient (Wildman–Crippen LogP) is 3.76. The van der Waals surface area contributed by atoms with E-state index in [9.17, 15) is 9.90 Å². The van der Waals surface area contributed by atoms with Crippen LogP contribution in [0.1, 0.15) is 44.7 Å². The Morgan fingerprint density at radius 2 is 1.54 bits per heavy atom. The first kappa shape index (κ1) is 20.0. The zero-order valence-corrected chi connectivity index (χ0v) is 16.1. The highest BCUT2D eigenvalue weighted by Gasteiger charge is 2.25. The van der Waals surface area contributed by atoms with Crippen molar-refractivity contribution in [2.45, 2.75) is 45.7 Å². The second-order valence-electron chi connectivity index (χ2n) is 7.12. The molecule has 1 atom stereocenters. The van der Waals surface area contributed by atoms with E-state index in [1.165, 1.54) is 0 Å². The Morgan fingerprint density at radius 3 is 2.12 bits per heavy atom. The topological polar surface area (TPSA) is 52.6 Å². The number of benzene rings is 2. The lowest BCUT2D eigenvalue weighted by atomic mass is 9.90. The summed E-state index contributed by atoms with van der Waals surface area (Å²) >= 11 is 0. The van der Waals surface area contributed by atoms with Crippen LogP contribution >= 0.6 is 0 Å². The van der Waals surface area contributed by atoms with Gasteiger partial charge in [-0.15, -0.1) is 0 Å². The number of nitrogens with one attached hydrogen (secondary N) is 1. The average molecular weight is 354 g/mol. The van der Waals surface area contributed by atoms with Crippen molar-refractivity contribution in [2.75, 3.05) is 13.1 Å². The molecule has 0 radical (unpaired) electrons. The van der Waals surface area contributed by atoms with Crippen LogP contribution in [0.4, 0.5) is 0 Å². The van der Waals surface area contributed by atoms with Gasteiger partial charge in [0.05, 0.1) is 5.92 Å². The Hall–Kier alpha value is -2.33. The Bertz CT molecular complexity index is 690. The Kier molecular flexibility index (Phi) is 7.22. The third-order valence-electron chi connectivity index (χ3n) is 4.64. The molecule has 1 unspecified atom stereocenters. The minimum Gasteiger partial charge on any atom is -0.508 e. The van der Waals surface area contributed by atoms with Gasteiger partial charge in [0.15, 0.2) is 0 Å². The zero-order chi connectivity index (χ0) is 19.1. The molecule has 0 aliphatic heterocycles. The Morgan fingerprint density at radius 1 is 0.962 bits per heavy atom. The molecule has 2 N–H and O–H groups in total. The van der Waals surface area contributed by atoms with Crippen molar-refractivity contribution in [1.82, 2.24) is 10.2 Å². The van der Waals surface area contributed by atoms with Crippen LogP contribution in [0.15, 0.2) is 54.6 Å². The Labute approximate surface area is 156 Å². The van der Waals surface area contributed by atoms with E-state index in [2.05, 4.69) is 37.9 Å². The number of phenols is 1. The molecule has 1 amide bonds. The van der Waals surface area contributed by atoms with Crippen LogP contribution in [0.5, 0.6) is 5.75 Å². The maximum absolute atomic E-state index is 13.0. The van der Waals surface area contributed by atoms with Crippen LogP contribution in [-0.4, -0.2) is 41.1 Å². The quantitative estimate of drug-likeness (QED) is 0.759. The van der Waals surface area contributed by atoms with E-state index in [1.807, 2.05) is 36.4 Å². The van der Waals surface area contributed by atoms with E-state index < -0.39 is 5.92 Å². The van der Waals surface area contributed by atoms with Crippen LogP contribution in [0.25, 0.3) is 0 Å². The first-order valence-corrected chi connectivity index (χ1v) is 9.28. The number of hydrogen-bond acceptors (Lipinski definition) is 3. The van der Waals surface area contributed by atoms with Crippen LogP contribution in [-0.2, 0) is 4.79 Å². The van der Waals surface area contributed by atoms with E-state index in [-0.39, 0.29) is 11.7 Å². The molecule has 0 heterocycles. The first-order valence-electron chi connectivity index (χ1n) is 9.28. The van der Waals surface area contributed by atoms with E-state index in [0.717, 1.165) is 12.1 Å². The molecule has 0 spiro atoms.